The summed E-state index contributed by atoms with van der Waals surface area (Å²) in [6.45, 7) is 0. The first-order valence-electron chi connectivity index (χ1n) is 21.6. The van der Waals surface area contributed by atoms with Crippen molar-refractivity contribution >= 4 is 82.9 Å². The molecule has 0 amide bonds. The van der Waals surface area contributed by atoms with Gasteiger partial charge in [-0.1, -0.05) is 170 Å². The summed E-state index contributed by atoms with van der Waals surface area (Å²) in [5.41, 5.74) is 17.3. The predicted octanol–water partition coefficient (Wildman–Crippen LogP) is 17.5. The SMILES string of the molecule is c1cc(-c2cccc3c2oc2ccccc23)cc(N(c2ccc(-c3ccc(-c4cccc5c4oc4ccccc45)cc3)cc2)c2ccc(-c3cccc4c3oc3ccccc34)cc2)c1. The van der Waals surface area contributed by atoms with Gasteiger partial charge in [0.1, 0.15) is 33.5 Å². The van der Waals surface area contributed by atoms with Crippen LogP contribution >= 0.6 is 0 Å². The van der Waals surface area contributed by atoms with E-state index in [1.807, 2.05) is 36.4 Å². The van der Waals surface area contributed by atoms with Gasteiger partial charge in [0.05, 0.1) is 0 Å². The number of hydrogen-bond donors (Lipinski definition) is 0. The van der Waals surface area contributed by atoms with E-state index in [0.717, 1.165) is 127 Å². The van der Waals surface area contributed by atoms with E-state index in [4.69, 9.17) is 13.3 Å². The fourth-order valence-corrected chi connectivity index (χ4v) is 9.62. The molecule has 4 nitrogen and oxygen atoms in total. The molecule has 64 heavy (non-hydrogen) atoms. The van der Waals surface area contributed by atoms with Gasteiger partial charge in [-0.05, 0) is 82.4 Å². The molecule has 13 rings (SSSR count). The lowest BCUT2D eigenvalue weighted by Gasteiger charge is -2.26. The number of anilines is 3. The van der Waals surface area contributed by atoms with Crippen molar-refractivity contribution in [1.29, 1.82) is 0 Å². The molecule has 0 saturated heterocycles. The van der Waals surface area contributed by atoms with Crippen molar-refractivity contribution in [3.63, 3.8) is 0 Å². The van der Waals surface area contributed by atoms with Crippen LogP contribution < -0.4 is 4.90 Å². The molecular formula is C60H37NO3. The maximum absolute atomic E-state index is 6.51. The first-order chi connectivity index (χ1) is 31.7. The van der Waals surface area contributed by atoms with Gasteiger partial charge in [-0.15, -0.1) is 0 Å². The molecule has 3 heterocycles. The molecule has 0 aliphatic carbocycles. The van der Waals surface area contributed by atoms with Crippen molar-refractivity contribution in [2.45, 2.75) is 0 Å². The largest absolute Gasteiger partial charge is 0.455 e. The second kappa shape index (κ2) is 14.5. The van der Waals surface area contributed by atoms with Gasteiger partial charge < -0.3 is 18.2 Å². The Morgan fingerprint density at radius 3 is 1.03 bits per heavy atom. The molecule has 3 aromatic heterocycles. The Kier molecular flexibility index (Phi) is 8.18. The highest BCUT2D eigenvalue weighted by atomic mass is 16.3. The zero-order valence-electron chi connectivity index (χ0n) is 34.5. The van der Waals surface area contributed by atoms with Crippen LogP contribution in [-0.4, -0.2) is 0 Å². The minimum atomic E-state index is 0.888. The van der Waals surface area contributed by atoms with Crippen molar-refractivity contribution in [3.05, 3.63) is 224 Å². The monoisotopic (exact) mass is 819 g/mol. The Balaban J connectivity index is 0.886. The van der Waals surface area contributed by atoms with Crippen LogP contribution in [-0.2, 0) is 0 Å². The highest BCUT2D eigenvalue weighted by Gasteiger charge is 2.19. The molecule has 0 N–H and O–H groups in total. The second-order valence-electron chi connectivity index (χ2n) is 16.4. The number of rotatable bonds is 7. The molecule has 10 aromatic carbocycles. The Labute approximate surface area is 368 Å². The molecule has 0 bridgehead atoms. The third kappa shape index (κ3) is 5.84. The predicted molar refractivity (Wildman–Crippen MR) is 265 cm³/mol. The van der Waals surface area contributed by atoms with Gasteiger partial charge in [-0.25, -0.2) is 0 Å². The fourth-order valence-electron chi connectivity index (χ4n) is 9.62. The van der Waals surface area contributed by atoms with Gasteiger partial charge in [-0.3, -0.25) is 0 Å². The molecule has 0 spiro atoms. The van der Waals surface area contributed by atoms with Gasteiger partial charge >= 0.3 is 0 Å². The molecular weight excluding hydrogens is 783 g/mol. The van der Waals surface area contributed by atoms with Gasteiger partial charge in [-0.2, -0.15) is 0 Å². The Morgan fingerprint density at radius 1 is 0.234 bits per heavy atom. The Bertz CT molecular complexity index is 3890. The summed E-state index contributed by atoms with van der Waals surface area (Å²) >= 11 is 0. The standard InChI is InChI=1S/C60H37NO3/c1-4-22-55-49(13-1)52-19-8-16-46(58(52)62-55)40-27-25-38(26-28-40)39-29-33-43(34-30-39)61(44-35-31-41(32-36-44)47-17-9-20-53-50-14-2-5-23-56(50)63-59(47)53)45-12-7-11-42(37-45)48-18-10-21-54-51-15-3-6-24-57(51)64-60(48)54/h1-37H. The van der Waals surface area contributed by atoms with E-state index in [2.05, 4.69) is 193 Å². The van der Waals surface area contributed by atoms with Crippen molar-refractivity contribution in [2.75, 3.05) is 4.90 Å². The number of furan rings is 3. The molecule has 13 aromatic rings. The highest BCUT2D eigenvalue weighted by Crippen LogP contribution is 2.43. The number of benzene rings is 10. The average Bonchev–Trinajstić information content (AvgIpc) is 4.06. The van der Waals surface area contributed by atoms with Crippen LogP contribution in [0.5, 0.6) is 0 Å². The van der Waals surface area contributed by atoms with Crippen molar-refractivity contribution in [3.8, 4) is 44.5 Å². The molecule has 0 unspecified atom stereocenters. The zero-order chi connectivity index (χ0) is 42.1. The van der Waals surface area contributed by atoms with Crippen molar-refractivity contribution < 1.29 is 13.3 Å². The van der Waals surface area contributed by atoms with Crippen LogP contribution in [0.1, 0.15) is 0 Å². The molecule has 4 heteroatoms. The third-order valence-corrected chi connectivity index (χ3v) is 12.7. The minimum Gasteiger partial charge on any atom is -0.455 e. The van der Waals surface area contributed by atoms with Crippen molar-refractivity contribution in [1.82, 2.24) is 0 Å². The maximum atomic E-state index is 6.51. The molecule has 0 radical (unpaired) electrons. The normalized spacial score (nSPS) is 11.8. The summed E-state index contributed by atoms with van der Waals surface area (Å²) in [5, 5.41) is 6.74. The zero-order valence-corrected chi connectivity index (χ0v) is 34.5. The Morgan fingerprint density at radius 2 is 0.578 bits per heavy atom. The van der Waals surface area contributed by atoms with E-state index >= 15 is 0 Å². The maximum Gasteiger partial charge on any atom is 0.143 e. The van der Waals surface area contributed by atoms with Gasteiger partial charge in [0.2, 0.25) is 0 Å². The van der Waals surface area contributed by atoms with Gasteiger partial charge in [0.25, 0.3) is 0 Å². The van der Waals surface area contributed by atoms with E-state index in [9.17, 15) is 0 Å². The van der Waals surface area contributed by atoms with E-state index < -0.39 is 0 Å². The minimum absolute atomic E-state index is 0.888. The van der Waals surface area contributed by atoms with Crippen LogP contribution in [0, 0.1) is 0 Å². The molecule has 0 atom stereocenters. The lowest BCUT2D eigenvalue weighted by molar-refractivity contribution is 0.669. The lowest BCUT2D eigenvalue weighted by atomic mass is 9.98. The highest BCUT2D eigenvalue weighted by molar-refractivity contribution is 6.12. The quantitative estimate of drug-likeness (QED) is 0.161. The van der Waals surface area contributed by atoms with E-state index in [0.29, 0.717) is 0 Å². The van der Waals surface area contributed by atoms with Crippen LogP contribution in [0.4, 0.5) is 17.1 Å². The van der Waals surface area contributed by atoms with Crippen LogP contribution in [0.3, 0.4) is 0 Å². The molecule has 0 aliphatic heterocycles. The van der Waals surface area contributed by atoms with Crippen LogP contribution in [0.25, 0.3) is 110 Å². The van der Waals surface area contributed by atoms with Crippen LogP contribution in [0.15, 0.2) is 238 Å². The summed E-state index contributed by atoms with van der Waals surface area (Å²) in [5.74, 6) is 0. The van der Waals surface area contributed by atoms with E-state index in [1.165, 1.54) is 0 Å². The molecule has 0 saturated carbocycles. The summed E-state index contributed by atoms with van der Waals surface area (Å²) < 4.78 is 19.3. The summed E-state index contributed by atoms with van der Waals surface area (Å²) in [6, 6.07) is 79.2. The van der Waals surface area contributed by atoms with E-state index in [1.54, 1.807) is 0 Å². The summed E-state index contributed by atoms with van der Waals surface area (Å²) in [7, 11) is 0. The summed E-state index contributed by atoms with van der Waals surface area (Å²) in [6.07, 6.45) is 0. The van der Waals surface area contributed by atoms with Crippen molar-refractivity contribution in [2.24, 2.45) is 0 Å². The van der Waals surface area contributed by atoms with Gasteiger partial charge in [0.15, 0.2) is 0 Å². The molecule has 300 valence electrons. The van der Waals surface area contributed by atoms with E-state index in [-0.39, 0.29) is 0 Å². The first kappa shape index (κ1) is 36.1. The number of hydrogen-bond acceptors (Lipinski definition) is 4. The Hall–Kier alpha value is -8.60. The topological polar surface area (TPSA) is 42.7 Å². The average molecular weight is 820 g/mol. The molecule has 0 aliphatic rings. The smallest absolute Gasteiger partial charge is 0.143 e. The number of nitrogens with zero attached hydrogens (tertiary/aromatic N) is 1. The number of fused-ring (bicyclic) bond motifs is 9. The number of para-hydroxylation sites is 6. The van der Waals surface area contributed by atoms with Gasteiger partial charge in [0, 0.05) is 66.1 Å². The molecule has 0 fully saturated rings. The third-order valence-electron chi connectivity index (χ3n) is 12.7. The fraction of sp³-hybridized carbons (Fsp3) is 0. The summed E-state index contributed by atoms with van der Waals surface area (Å²) in [4.78, 5) is 2.33. The second-order valence-corrected chi connectivity index (χ2v) is 16.4. The first-order valence-corrected chi connectivity index (χ1v) is 21.6. The van der Waals surface area contributed by atoms with Crippen LogP contribution in [0.2, 0.25) is 0 Å². The lowest BCUT2D eigenvalue weighted by Crippen LogP contribution is -2.10.